The molecule has 0 radical (unpaired) electrons. The van der Waals surface area contributed by atoms with Gasteiger partial charge in [-0.05, 0) is 87.6 Å². The van der Waals surface area contributed by atoms with E-state index in [-0.39, 0.29) is 18.2 Å². The number of nitrogens with zero attached hydrogens (tertiary/aromatic N) is 4. The van der Waals surface area contributed by atoms with Crippen molar-refractivity contribution in [3.8, 4) is 16.9 Å². The molecule has 1 saturated carbocycles. The molecular formula is C30H34N4O4. The van der Waals surface area contributed by atoms with Crippen LogP contribution in [0.5, 0.6) is 5.75 Å². The summed E-state index contributed by atoms with van der Waals surface area (Å²) in [6.07, 6.45) is 6.42. The lowest BCUT2D eigenvalue weighted by atomic mass is 9.92. The monoisotopic (exact) mass is 517 g/mol. The van der Waals surface area contributed by atoms with Crippen molar-refractivity contribution >= 4 is 16.7 Å². The molecule has 1 fully saturated rings. The van der Waals surface area contributed by atoms with Crippen molar-refractivity contribution in [2.24, 2.45) is 0 Å². The van der Waals surface area contributed by atoms with E-state index in [1.54, 1.807) is 13.4 Å². The molecule has 8 heteroatoms. The molecule has 6 rings (SSSR count). The summed E-state index contributed by atoms with van der Waals surface area (Å²) < 4.78 is 46.8. The molecule has 0 saturated heterocycles. The predicted octanol–water partition coefficient (Wildman–Crippen LogP) is 6.50. The van der Waals surface area contributed by atoms with Gasteiger partial charge in [0, 0.05) is 24.3 Å². The van der Waals surface area contributed by atoms with E-state index >= 15 is 0 Å². The molecule has 3 heterocycles. The van der Waals surface area contributed by atoms with E-state index in [0.717, 1.165) is 63.7 Å². The predicted molar refractivity (Wildman–Crippen MR) is 146 cm³/mol. The van der Waals surface area contributed by atoms with E-state index < -0.39 is 7.04 Å². The standard InChI is InChI=1S/C30H34N4O4/c1-19-29(20(2)38-32-19)21-5-14-27-26(17-21)31-30(34(27)23-8-12-25(36-4)13-9-23)28-15-16-37-18-33(28)22-6-10-24(35-3)11-7-22/h5-7,10-11,14-17,23,25,28H,8-9,12-13,18H2,1-4H3/t23?,25?,28-/m0/s1/i4D3. The molecule has 2 aromatic carbocycles. The molecule has 0 bridgehead atoms. The second kappa shape index (κ2) is 10.2. The van der Waals surface area contributed by atoms with E-state index in [1.807, 2.05) is 44.2 Å². The minimum Gasteiger partial charge on any atom is -0.497 e. The van der Waals surface area contributed by atoms with Crippen molar-refractivity contribution in [1.29, 1.82) is 0 Å². The van der Waals surface area contributed by atoms with Crippen molar-refractivity contribution in [3.63, 3.8) is 0 Å². The molecule has 0 unspecified atom stereocenters. The fourth-order valence-electron chi connectivity index (χ4n) is 5.85. The highest BCUT2D eigenvalue weighted by atomic mass is 16.5. The lowest BCUT2D eigenvalue weighted by Crippen LogP contribution is -2.34. The zero-order valence-electron chi connectivity index (χ0n) is 24.9. The Kier molecular flexibility index (Phi) is 5.67. The van der Waals surface area contributed by atoms with E-state index in [4.69, 9.17) is 27.8 Å². The molecular weight excluding hydrogens is 480 g/mol. The van der Waals surface area contributed by atoms with Gasteiger partial charge in [-0.3, -0.25) is 0 Å². The van der Waals surface area contributed by atoms with Gasteiger partial charge in [0.15, 0.2) is 6.73 Å². The zero-order valence-corrected chi connectivity index (χ0v) is 21.9. The van der Waals surface area contributed by atoms with E-state index in [2.05, 4.69) is 32.8 Å². The highest BCUT2D eigenvalue weighted by Crippen LogP contribution is 2.40. The highest BCUT2D eigenvalue weighted by Gasteiger charge is 2.32. The summed E-state index contributed by atoms with van der Waals surface area (Å²) in [4.78, 5) is 7.42. The van der Waals surface area contributed by atoms with Crippen molar-refractivity contribution < 1.29 is 22.8 Å². The van der Waals surface area contributed by atoms with E-state index in [0.29, 0.717) is 19.6 Å². The van der Waals surface area contributed by atoms with Crippen LogP contribution in [0.1, 0.15) is 59.2 Å². The molecule has 0 spiro atoms. The Morgan fingerprint density at radius 3 is 2.58 bits per heavy atom. The summed E-state index contributed by atoms with van der Waals surface area (Å²) in [5.74, 6) is 2.47. The molecule has 0 N–H and O–H groups in total. The number of benzene rings is 2. The van der Waals surface area contributed by atoms with Crippen LogP contribution in [0.3, 0.4) is 0 Å². The van der Waals surface area contributed by atoms with E-state index in [9.17, 15) is 0 Å². The van der Waals surface area contributed by atoms with Gasteiger partial charge in [0.1, 0.15) is 23.4 Å². The van der Waals surface area contributed by atoms with Gasteiger partial charge >= 0.3 is 0 Å². The van der Waals surface area contributed by atoms with Gasteiger partial charge in [-0.1, -0.05) is 11.2 Å². The van der Waals surface area contributed by atoms with Crippen molar-refractivity contribution in [2.45, 2.75) is 57.7 Å². The van der Waals surface area contributed by atoms with Crippen molar-refractivity contribution in [3.05, 3.63) is 72.1 Å². The maximum atomic E-state index is 7.52. The Labute approximate surface area is 227 Å². The normalized spacial score (nSPS) is 23.1. The number of fused-ring (bicyclic) bond motifs is 1. The Bertz CT molecular complexity index is 1530. The average molecular weight is 518 g/mol. The van der Waals surface area contributed by atoms with Gasteiger partial charge in [0.05, 0.1) is 40.3 Å². The van der Waals surface area contributed by atoms with Gasteiger partial charge in [0.2, 0.25) is 0 Å². The fourth-order valence-corrected chi connectivity index (χ4v) is 5.85. The van der Waals surface area contributed by atoms with Crippen LogP contribution >= 0.6 is 0 Å². The first-order chi connectivity index (χ1) is 19.7. The first kappa shape index (κ1) is 21.2. The number of ether oxygens (including phenoxy) is 3. The third kappa shape index (κ3) is 4.32. The lowest BCUT2D eigenvalue weighted by Gasteiger charge is -2.36. The number of rotatable bonds is 6. The van der Waals surface area contributed by atoms with Crippen LogP contribution in [0.15, 0.2) is 59.3 Å². The first-order valence-corrected chi connectivity index (χ1v) is 13.0. The van der Waals surface area contributed by atoms with Crippen LogP contribution in [0.2, 0.25) is 0 Å². The summed E-state index contributed by atoms with van der Waals surface area (Å²) in [5, 5.41) is 4.14. The lowest BCUT2D eigenvalue weighted by molar-refractivity contribution is 0.0584. The summed E-state index contributed by atoms with van der Waals surface area (Å²) in [6, 6.07) is 14.2. The van der Waals surface area contributed by atoms with Crippen molar-refractivity contribution in [1.82, 2.24) is 14.7 Å². The summed E-state index contributed by atoms with van der Waals surface area (Å²) in [7, 11) is -0.730. The summed E-state index contributed by atoms with van der Waals surface area (Å²) in [6.45, 7) is 4.24. The van der Waals surface area contributed by atoms with Crippen LogP contribution in [0.25, 0.3) is 22.2 Å². The molecule has 2 aromatic heterocycles. The van der Waals surface area contributed by atoms with Crippen LogP contribution in [0.4, 0.5) is 5.69 Å². The van der Waals surface area contributed by atoms with Crippen LogP contribution in [-0.2, 0) is 9.47 Å². The number of aromatic nitrogens is 3. The van der Waals surface area contributed by atoms with E-state index in [1.165, 1.54) is 0 Å². The van der Waals surface area contributed by atoms with Gasteiger partial charge in [-0.2, -0.15) is 0 Å². The number of imidazole rings is 1. The molecule has 1 aliphatic heterocycles. The van der Waals surface area contributed by atoms with Crippen LogP contribution in [0, 0.1) is 13.8 Å². The molecule has 1 atom stereocenters. The molecule has 4 aromatic rings. The highest BCUT2D eigenvalue weighted by molar-refractivity contribution is 5.84. The minimum atomic E-state index is -2.38. The van der Waals surface area contributed by atoms with Crippen LogP contribution in [-0.4, -0.2) is 41.7 Å². The topological polar surface area (TPSA) is 74.8 Å². The largest absolute Gasteiger partial charge is 0.497 e. The van der Waals surface area contributed by atoms with Crippen molar-refractivity contribution in [2.75, 3.05) is 25.8 Å². The quantitative estimate of drug-likeness (QED) is 0.289. The minimum absolute atomic E-state index is 0.144. The zero-order chi connectivity index (χ0) is 28.7. The fraction of sp³-hybridized carbons (Fsp3) is 0.400. The van der Waals surface area contributed by atoms with Gasteiger partial charge in [-0.25, -0.2) is 4.98 Å². The molecule has 0 amide bonds. The van der Waals surface area contributed by atoms with Gasteiger partial charge in [-0.15, -0.1) is 0 Å². The SMILES string of the molecule is [2H]C([2H])([2H])OC1CCC(n2c([C@@H]3C=COCN3c3ccc(OC)cc3)nc3cc(-c4c(C)noc4C)ccc32)CC1. The molecule has 2 aliphatic rings. The number of hydrogen-bond donors (Lipinski definition) is 0. The van der Waals surface area contributed by atoms with Gasteiger partial charge < -0.3 is 28.2 Å². The molecule has 8 nitrogen and oxygen atoms in total. The first-order valence-electron chi connectivity index (χ1n) is 14.5. The Morgan fingerprint density at radius 1 is 1.05 bits per heavy atom. The van der Waals surface area contributed by atoms with Gasteiger partial charge in [0.25, 0.3) is 0 Å². The Balaban J connectivity index is 1.42. The Morgan fingerprint density at radius 2 is 1.87 bits per heavy atom. The average Bonchev–Trinajstić information content (AvgIpc) is 3.51. The number of methoxy groups -OCH3 is 2. The number of anilines is 1. The maximum Gasteiger partial charge on any atom is 0.161 e. The molecule has 1 aliphatic carbocycles. The third-order valence-electron chi connectivity index (χ3n) is 7.79. The second-order valence-corrected chi connectivity index (χ2v) is 10.0. The summed E-state index contributed by atoms with van der Waals surface area (Å²) in [5.41, 5.74) is 5.74. The number of hydrogen-bond acceptors (Lipinski definition) is 7. The smallest absolute Gasteiger partial charge is 0.161 e. The maximum absolute atomic E-state index is 7.52. The third-order valence-corrected chi connectivity index (χ3v) is 7.79. The van der Waals surface area contributed by atoms with Crippen LogP contribution < -0.4 is 9.64 Å². The molecule has 38 heavy (non-hydrogen) atoms. The second-order valence-electron chi connectivity index (χ2n) is 10.0. The number of aryl methyl sites for hydroxylation is 2. The molecule has 198 valence electrons. The Hall–Kier alpha value is -3.78. The summed E-state index contributed by atoms with van der Waals surface area (Å²) >= 11 is 0.